The Balaban J connectivity index is 1.67. The molecule has 3 aromatic rings. The summed E-state index contributed by atoms with van der Waals surface area (Å²) in [6.07, 6.45) is 0. The van der Waals surface area contributed by atoms with Crippen LogP contribution in [0.4, 0.5) is 0 Å². The van der Waals surface area contributed by atoms with E-state index < -0.39 is 47.3 Å². The topological polar surface area (TPSA) is 136 Å². The van der Waals surface area contributed by atoms with Crippen LogP contribution < -0.4 is 24.3 Å². The van der Waals surface area contributed by atoms with Crippen molar-refractivity contribution in [2.75, 3.05) is 28.4 Å². The lowest BCUT2D eigenvalue weighted by atomic mass is 9.72. The SMILES string of the molecule is COC(=O)C1(C(=O)OC)N[C@@H](c2ccc(OC)cc2OC(=O)c2ccc(OC)cc2)[C@@H]2C(=O)Oc3ccc(Br)cc3[C@@H]21. The van der Waals surface area contributed by atoms with Crippen LogP contribution in [0.3, 0.4) is 0 Å². The molecule has 1 fully saturated rings. The molecule has 0 spiro atoms. The van der Waals surface area contributed by atoms with E-state index >= 15 is 0 Å². The zero-order valence-corrected chi connectivity index (χ0v) is 24.6. The quantitative estimate of drug-likeness (QED) is 0.230. The van der Waals surface area contributed by atoms with Crippen LogP contribution in [0.15, 0.2) is 65.1 Å². The van der Waals surface area contributed by atoms with Gasteiger partial charge >= 0.3 is 23.9 Å². The highest BCUT2D eigenvalue weighted by molar-refractivity contribution is 9.10. The minimum absolute atomic E-state index is 0.0322. The van der Waals surface area contributed by atoms with E-state index in [9.17, 15) is 19.2 Å². The van der Waals surface area contributed by atoms with Crippen molar-refractivity contribution < 1.29 is 47.6 Å². The fourth-order valence-electron chi connectivity index (χ4n) is 5.54. The Morgan fingerprint density at radius 1 is 0.833 bits per heavy atom. The minimum Gasteiger partial charge on any atom is -0.497 e. The van der Waals surface area contributed by atoms with Gasteiger partial charge in [-0.1, -0.05) is 22.0 Å². The lowest BCUT2D eigenvalue weighted by Crippen LogP contribution is -2.59. The van der Waals surface area contributed by atoms with Gasteiger partial charge in [0.25, 0.3) is 0 Å². The number of carbonyl (C=O) groups is 4. The maximum atomic E-state index is 13.6. The molecule has 218 valence electrons. The third-order valence-corrected chi connectivity index (χ3v) is 7.95. The first-order chi connectivity index (χ1) is 20.2. The summed E-state index contributed by atoms with van der Waals surface area (Å²) in [5.41, 5.74) is -1.22. The number of carbonyl (C=O) groups excluding carboxylic acids is 4. The van der Waals surface area contributed by atoms with Gasteiger partial charge < -0.3 is 28.4 Å². The van der Waals surface area contributed by atoms with E-state index in [0.717, 1.165) is 14.2 Å². The predicted molar refractivity (Wildman–Crippen MR) is 150 cm³/mol. The number of fused-ring (bicyclic) bond motifs is 3. The molecule has 2 aliphatic rings. The van der Waals surface area contributed by atoms with E-state index in [2.05, 4.69) is 21.2 Å². The monoisotopic (exact) mass is 639 g/mol. The summed E-state index contributed by atoms with van der Waals surface area (Å²) in [5.74, 6) is -4.44. The highest BCUT2D eigenvalue weighted by Gasteiger charge is 2.69. The average Bonchev–Trinajstić information content (AvgIpc) is 3.38. The highest BCUT2D eigenvalue weighted by atomic mass is 79.9. The zero-order chi connectivity index (χ0) is 30.2. The van der Waals surface area contributed by atoms with E-state index in [0.29, 0.717) is 21.5 Å². The Bertz CT molecular complexity index is 1550. The van der Waals surface area contributed by atoms with Gasteiger partial charge in [0, 0.05) is 27.6 Å². The van der Waals surface area contributed by atoms with Crippen LogP contribution in [0.1, 0.15) is 33.4 Å². The summed E-state index contributed by atoms with van der Waals surface area (Å²) in [5, 5.41) is 3.05. The lowest BCUT2D eigenvalue weighted by Gasteiger charge is -2.34. The van der Waals surface area contributed by atoms with Crippen molar-refractivity contribution >= 4 is 39.8 Å². The van der Waals surface area contributed by atoms with Gasteiger partial charge in [0.05, 0.1) is 46.0 Å². The number of rotatable bonds is 7. The van der Waals surface area contributed by atoms with Gasteiger partial charge in [-0.25, -0.2) is 14.4 Å². The molecule has 12 heteroatoms. The number of ether oxygens (including phenoxy) is 6. The Hall–Kier alpha value is -4.42. The van der Waals surface area contributed by atoms with Gasteiger partial charge in [-0.3, -0.25) is 10.1 Å². The first-order valence-electron chi connectivity index (χ1n) is 12.7. The molecule has 0 bridgehead atoms. The van der Waals surface area contributed by atoms with Crippen molar-refractivity contribution in [2.45, 2.75) is 17.5 Å². The number of benzene rings is 3. The number of methoxy groups -OCH3 is 4. The normalized spacial score (nSPS) is 19.9. The lowest BCUT2D eigenvalue weighted by molar-refractivity contribution is -0.164. The molecular weight excluding hydrogens is 614 g/mol. The summed E-state index contributed by atoms with van der Waals surface area (Å²) in [6.45, 7) is 0. The molecule has 0 saturated carbocycles. The van der Waals surface area contributed by atoms with E-state index in [1.165, 1.54) is 32.4 Å². The summed E-state index contributed by atoms with van der Waals surface area (Å²) < 4.78 is 32.8. The molecule has 11 nitrogen and oxygen atoms in total. The maximum Gasteiger partial charge on any atom is 0.343 e. The number of hydrogen-bond donors (Lipinski definition) is 1. The molecule has 0 aliphatic carbocycles. The van der Waals surface area contributed by atoms with Crippen molar-refractivity contribution in [3.05, 3.63) is 81.8 Å². The van der Waals surface area contributed by atoms with Crippen LogP contribution in [0.2, 0.25) is 0 Å². The summed E-state index contributed by atoms with van der Waals surface area (Å²) in [4.78, 5) is 53.8. The molecule has 1 N–H and O–H groups in total. The van der Waals surface area contributed by atoms with Gasteiger partial charge in [-0.15, -0.1) is 0 Å². The van der Waals surface area contributed by atoms with Crippen LogP contribution in [-0.2, 0) is 23.9 Å². The number of esters is 4. The van der Waals surface area contributed by atoms with Gasteiger partial charge in [-0.05, 0) is 48.5 Å². The molecular formula is C30H26BrNO10. The molecule has 1 saturated heterocycles. The Kier molecular flexibility index (Phi) is 7.93. The van der Waals surface area contributed by atoms with E-state index in [1.807, 2.05) is 0 Å². The molecule has 3 aromatic carbocycles. The molecule has 2 heterocycles. The molecule has 3 atom stereocenters. The largest absolute Gasteiger partial charge is 0.497 e. The second kappa shape index (κ2) is 11.5. The summed E-state index contributed by atoms with van der Waals surface area (Å²) in [6, 6.07) is 14.8. The van der Waals surface area contributed by atoms with Gasteiger partial charge in [0.1, 0.15) is 23.0 Å². The number of halogens is 1. The highest BCUT2D eigenvalue weighted by Crippen LogP contribution is 2.56. The van der Waals surface area contributed by atoms with E-state index in [-0.39, 0.29) is 22.6 Å². The first kappa shape index (κ1) is 29.1. The second-order valence-electron chi connectivity index (χ2n) is 9.54. The Labute approximate surface area is 249 Å². The molecule has 0 aromatic heterocycles. The van der Waals surface area contributed by atoms with Crippen LogP contribution in [-0.4, -0.2) is 57.9 Å². The van der Waals surface area contributed by atoms with Crippen molar-refractivity contribution in [3.63, 3.8) is 0 Å². The molecule has 5 rings (SSSR count). The molecule has 42 heavy (non-hydrogen) atoms. The fraction of sp³-hybridized carbons (Fsp3) is 0.267. The third-order valence-electron chi connectivity index (χ3n) is 7.46. The Morgan fingerprint density at radius 2 is 1.48 bits per heavy atom. The summed E-state index contributed by atoms with van der Waals surface area (Å²) in [7, 11) is 5.22. The molecule has 0 unspecified atom stereocenters. The fourth-order valence-corrected chi connectivity index (χ4v) is 5.92. The molecule has 0 radical (unpaired) electrons. The van der Waals surface area contributed by atoms with Crippen molar-refractivity contribution in [1.82, 2.24) is 5.32 Å². The van der Waals surface area contributed by atoms with Crippen LogP contribution in [0, 0.1) is 5.92 Å². The minimum atomic E-state index is -2.15. The standard InChI is InChI=1S/C30H26BrNO10/c1-37-17-8-5-15(6-9-17)26(33)42-22-14-18(38-2)10-11-19(22)25-23-24(30(32-25,28(35)39-3)29(36)40-4)20-13-16(31)7-12-21(20)41-27(23)34/h5-14,23-25,32H,1-4H3/t23-,24+,25+/m1/s1. The van der Waals surface area contributed by atoms with Crippen molar-refractivity contribution in [1.29, 1.82) is 0 Å². The van der Waals surface area contributed by atoms with Crippen LogP contribution in [0.5, 0.6) is 23.0 Å². The zero-order valence-electron chi connectivity index (χ0n) is 23.0. The van der Waals surface area contributed by atoms with Gasteiger partial charge in [-0.2, -0.15) is 0 Å². The van der Waals surface area contributed by atoms with Crippen molar-refractivity contribution in [2.24, 2.45) is 5.92 Å². The smallest absolute Gasteiger partial charge is 0.343 e. The van der Waals surface area contributed by atoms with E-state index in [4.69, 9.17) is 28.4 Å². The van der Waals surface area contributed by atoms with Crippen molar-refractivity contribution in [3.8, 4) is 23.0 Å². The Morgan fingerprint density at radius 3 is 2.10 bits per heavy atom. The second-order valence-corrected chi connectivity index (χ2v) is 10.5. The van der Waals surface area contributed by atoms with Crippen LogP contribution >= 0.6 is 15.9 Å². The van der Waals surface area contributed by atoms with E-state index in [1.54, 1.807) is 42.5 Å². The number of nitrogens with one attached hydrogen (secondary N) is 1. The van der Waals surface area contributed by atoms with Gasteiger partial charge in [0.2, 0.25) is 5.54 Å². The number of hydrogen-bond acceptors (Lipinski definition) is 11. The molecule has 2 aliphatic heterocycles. The molecule has 0 amide bonds. The van der Waals surface area contributed by atoms with Crippen LogP contribution in [0.25, 0.3) is 0 Å². The predicted octanol–water partition coefficient (Wildman–Crippen LogP) is 3.73. The average molecular weight is 640 g/mol. The first-order valence-corrected chi connectivity index (χ1v) is 13.5. The third kappa shape index (κ3) is 4.76. The van der Waals surface area contributed by atoms with Gasteiger partial charge in [0.15, 0.2) is 0 Å². The summed E-state index contributed by atoms with van der Waals surface area (Å²) >= 11 is 3.42. The maximum absolute atomic E-state index is 13.6.